The summed E-state index contributed by atoms with van der Waals surface area (Å²) in [5.41, 5.74) is 6.26. The molecule has 1 atom stereocenters. The van der Waals surface area contributed by atoms with Gasteiger partial charge in [-0.1, -0.05) is 48.5 Å². The van der Waals surface area contributed by atoms with Gasteiger partial charge in [-0.25, -0.2) is 4.98 Å². The molecule has 0 aliphatic carbocycles. The zero-order valence-electron chi connectivity index (χ0n) is 21.1. The van der Waals surface area contributed by atoms with Gasteiger partial charge in [0.25, 0.3) is 0 Å². The van der Waals surface area contributed by atoms with Gasteiger partial charge in [0.05, 0.1) is 34.7 Å². The maximum atomic E-state index is 10.4. The molecule has 2 N–H and O–H groups in total. The Bertz CT molecular complexity index is 1600. The number of aryl methyl sites for hydroxylation is 2. The van der Waals surface area contributed by atoms with E-state index in [2.05, 4.69) is 43.3 Å². The number of hydrogen-bond acceptors (Lipinski definition) is 6. The van der Waals surface area contributed by atoms with Crippen LogP contribution in [0.2, 0.25) is 0 Å². The molecule has 3 heterocycles. The Kier molecular flexibility index (Phi) is 6.21. The number of thiophene rings is 1. The van der Waals surface area contributed by atoms with Crippen LogP contribution in [0.25, 0.3) is 31.6 Å². The summed E-state index contributed by atoms with van der Waals surface area (Å²) in [6.07, 6.45) is -1.90. The third-order valence-electron chi connectivity index (χ3n) is 7.33. The van der Waals surface area contributed by atoms with E-state index in [0.29, 0.717) is 28.1 Å². The highest BCUT2D eigenvalue weighted by Crippen LogP contribution is 2.42. The van der Waals surface area contributed by atoms with Crippen molar-refractivity contribution in [1.82, 2.24) is 4.98 Å². The molecule has 1 aliphatic heterocycles. The van der Waals surface area contributed by atoms with Crippen LogP contribution in [-0.2, 0) is 4.74 Å². The molecule has 3 aromatic carbocycles. The van der Waals surface area contributed by atoms with Crippen LogP contribution in [0, 0.1) is 13.8 Å². The number of aliphatic hydroxyl groups excluding tert-OH is 1. The highest BCUT2D eigenvalue weighted by atomic mass is 32.1. The Labute approximate surface area is 219 Å². The molecular formula is C31H29NO4S. The molecule has 1 aliphatic rings. The Hall–Kier alpha value is -3.29. The fourth-order valence-corrected chi connectivity index (χ4v) is 6.20. The molecule has 37 heavy (non-hydrogen) atoms. The molecule has 0 bridgehead atoms. The lowest BCUT2D eigenvalue weighted by Crippen LogP contribution is -2.24. The van der Waals surface area contributed by atoms with Crippen molar-refractivity contribution < 1.29 is 19.7 Å². The van der Waals surface area contributed by atoms with Gasteiger partial charge in [0.2, 0.25) is 0 Å². The van der Waals surface area contributed by atoms with Gasteiger partial charge < -0.3 is 19.7 Å². The van der Waals surface area contributed by atoms with E-state index in [1.165, 1.54) is 15.6 Å². The second kappa shape index (κ2) is 9.54. The van der Waals surface area contributed by atoms with Crippen LogP contribution in [-0.4, -0.2) is 28.4 Å². The summed E-state index contributed by atoms with van der Waals surface area (Å²) >= 11 is 1.67. The van der Waals surface area contributed by atoms with Gasteiger partial charge in [-0.15, -0.1) is 11.3 Å². The summed E-state index contributed by atoms with van der Waals surface area (Å²) < 4.78 is 12.9. The number of ether oxygens (including phenoxy) is 2. The lowest BCUT2D eigenvalue weighted by Gasteiger charge is -2.26. The molecule has 1 fully saturated rings. The van der Waals surface area contributed by atoms with Crippen LogP contribution < -0.4 is 4.74 Å². The minimum absolute atomic E-state index is 0.231. The van der Waals surface area contributed by atoms with E-state index in [-0.39, 0.29) is 6.10 Å². The molecule has 0 saturated carbocycles. The van der Waals surface area contributed by atoms with Crippen LogP contribution in [0.4, 0.5) is 0 Å². The third kappa shape index (κ3) is 4.30. The van der Waals surface area contributed by atoms with Crippen molar-refractivity contribution in [3.63, 3.8) is 0 Å². The van der Waals surface area contributed by atoms with Crippen LogP contribution in [0.3, 0.4) is 0 Å². The van der Waals surface area contributed by atoms with Crippen molar-refractivity contribution in [2.75, 3.05) is 13.2 Å². The normalized spacial score (nSPS) is 14.9. The van der Waals surface area contributed by atoms with E-state index in [1.54, 1.807) is 17.4 Å². The first kappa shape index (κ1) is 24.1. The molecule has 6 rings (SSSR count). The Morgan fingerprint density at radius 1 is 1.00 bits per heavy atom. The Morgan fingerprint density at radius 3 is 2.43 bits per heavy atom. The highest BCUT2D eigenvalue weighted by molar-refractivity contribution is 7.22. The first-order valence-electron chi connectivity index (χ1n) is 12.5. The second-order valence-electron chi connectivity index (χ2n) is 9.79. The molecule has 6 heteroatoms. The van der Waals surface area contributed by atoms with Gasteiger partial charge >= 0.3 is 0 Å². The topological polar surface area (TPSA) is 71.8 Å². The number of nitrogens with zero attached hydrogens (tertiary/aromatic N) is 1. The van der Waals surface area contributed by atoms with Crippen molar-refractivity contribution in [2.45, 2.75) is 39.1 Å². The fourth-order valence-electron chi connectivity index (χ4n) is 5.03. The van der Waals surface area contributed by atoms with E-state index in [0.717, 1.165) is 40.5 Å². The van der Waals surface area contributed by atoms with Gasteiger partial charge in [0, 0.05) is 16.2 Å². The quantitative estimate of drug-likeness (QED) is 0.241. The Morgan fingerprint density at radius 2 is 1.76 bits per heavy atom. The first-order valence-corrected chi connectivity index (χ1v) is 13.4. The van der Waals surface area contributed by atoms with Gasteiger partial charge in [-0.05, 0) is 66.6 Å². The molecule has 0 radical (unpaired) electrons. The van der Waals surface area contributed by atoms with Crippen molar-refractivity contribution in [1.29, 1.82) is 0 Å². The maximum Gasteiger partial charge on any atom is 0.179 e. The molecule has 5 nitrogen and oxygen atoms in total. The van der Waals surface area contributed by atoms with Gasteiger partial charge in [0.1, 0.15) is 11.9 Å². The molecule has 188 valence electrons. The fraction of sp³-hybridized carbons (Fsp3) is 0.258. The summed E-state index contributed by atoms with van der Waals surface area (Å²) in [7, 11) is 0. The minimum atomic E-state index is -1.66. The van der Waals surface area contributed by atoms with Gasteiger partial charge in [0.15, 0.2) is 6.29 Å². The van der Waals surface area contributed by atoms with Crippen molar-refractivity contribution in [3.8, 4) is 16.3 Å². The lowest BCUT2D eigenvalue weighted by atomic mass is 9.96. The SMILES string of the molecule is Cc1c(-c2cc(C(O)O)c3c(OC(C)c4ccc(C5COC5)cc4)ccc(C)c3n2)sc2ccccc12. The van der Waals surface area contributed by atoms with Crippen LogP contribution in [0.1, 0.15) is 53.1 Å². The van der Waals surface area contributed by atoms with Crippen LogP contribution >= 0.6 is 11.3 Å². The summed E-state index contributed by atoms with van der Waals surface area (Å²) in [4.78, 5) is 6.06. The smallest absolute Gasteiger partial charge is 0.179 e. The van der Waals surface area contributed by atoms with Crippen LogP contribution in [0.5, 0.6) is 5.75 Å². The van der Waals surface area contributed by atoms with Crippen molar-refractivity contribution in [2.24, 2.45) is 0 Å². The molecular weight excluding hydrogens is 482 g/mol. The summed E-state index contributed by atoms with van der Waals surface area (Å²) in [6.45, 7) is 7.64. The van der Waals surface area contributed by atoms with Gasteiger partial charge in [-0.3, -0.25) is 0 Å². The highest BCUT2D eigenvalue weighted by Gasteiger charge is 2.23. The number of aliphatic hydroxyl groups is 2. The number of benzene rings is 3. The average molecular weight is 512 g/mol. The number of fused-ring (bicyclic) bond motifs is 2. The van der Waals surface area contributed by atoms with Crippen LogP contribution in [0.15, 0.2) is 66.7 Å². The number of aromatic nitrogens is 1. The molecule has 0 amide bonds. The molecule has 1 saturated heterocycles. The monoisotopic (exact) mass is 511 g/mol. The first-order chi connectivity index (χ1) is 17.9. The van der Waals surface area contributed by atoms with E-state index in [9.17, 15) is 10.2 Å². The molecule has 2 aromatic heterocycles. The van der Waals surface area contributed by atoms with E-state index >= 15 is 0 Å². The Balaban J connectivity index is 1.42. The zero-order valence-corrected chi connectivity index (χ0v) is 21.9. The summed E-state index contributed by atoms with van der Waals surface area (Å²) in [6, 6.07) is 22.4. The van der Waals surface area contributed by atoms with Crippen molar-refractivity contribution in [3.05, 3.63) is 94.5 Å². The minimum Gasteiger partial charge on any atom is -0.485 e. The lowest BCUT2D eigenvalue weighted by molar-refractivity contribution is -0.0414. The number of pyridine rings is 1. The second-order valence-corrected chi connectivity index (χ2v) is 10.8. The predicted octanol–water partition coefficient (Wildman–Crippen LogP) is 6.97. The molecule has 0 spiro atoms. The molecule has 5 aromatic rings. The predicted molar refractivity (Wildman–Crippen MR) is 148 cm³/mol. The van der Waals surface area contributed by atoms with Gasteiger partial charge in [-0.2, -0.15) is 0 Å². The zero-order chi connectivity index (χ0) is 25.7. The summed E-state index contributed by atoms with van der Waals surface area (Å²) in [5.74, 6) is 1.06. The average Bonchev–Trinajstić information content (AvgIpc) is 3.21. The number of rotatable bonds is 6. The maximum absolute atomic E-state index is 10.4. The largest absolute Gasteiger partial charge is 0.485 e. The standard InChI is InChI=1S/C31H29NO4S/c1-17-8-13-26(36-19(3)20-9-11-21(12-10-20)22-15-35-16-22)28-24(31(33)34)14-25(32-29(17)28)30-18(2)23-6-4-5-7-27(23)37-30/h4-14,19,22,31,33-34H,15-16H2,1-3H3. The van der Waals surface area contributed by atoms with E-state index < -0.39 is 6.29 Å². The van der Waals surface area contributed by atoms with E-state index in [1.807, 2.05) is 38.1 Å². The summed E-state index contributed by atoms with van der Waals surface area (Å²) in [5, 5.41) is 22.7. The third-order valence-corrected chi connectivity index (χ3v) is 8.62. The molecule has 1 unspecified atom stereocenters. The van der Waals surface area contributed by atoms with Crippen molar-refractivity contribution >= 4 is 32.3 Å². The number of hydrogen-bond donors (Lipinski definition) is 2. The van der Waals surface area contributed by atoms with E-state index in [4.69, 9.17) is 14.5 Å².